The molecule has 1 aromatic rings. The van der Waals surface area contributed by atoms with Gasteiger partial charge in [-0.15, -0.1) is 0 Å². The van der Waals surface area contributed by atoms with Gasteiger partial charge in [0.1, 0.15) is 12.4 Å². The Hall–Kier alpha value is -1.03. The molecule has 1 saturated heterocycles. The number of ether oxygens (including phenoxy) is 1. The maximum absolute atomic E-state index is 5.53. The Bertz CT molecular complexity index is 217. The van der Waals surface area contributed by atoms with Crippen LogP contribution in [0.2, 0.25) is 0 Å². The van der Waals surface area contributed by atoms with Crippen molar-refractivity contribution in [3.05, 3.63) is 12.5 Å². The van der Waals surface area contributed by atoms with Gasteiger partial charge in [0.15, 0.2) is 12.0 Å². The molecule has 2 rings (SSSR count). The van der Waals surface area contributed by atoms with E-state index >= 15 is 0 Å². The van der Waals surface area contributed by atoms with Crippen LogP contribution in [-0.4, -0.2) is 17.9 Å². The molecule has 0 aromatic carbocycles. The molecule has 2 heterocycles. The fraction of sp³-hybridized carbons (Fsp3) is 0.625. The number of nitrogens with one attached hydrogen (secondary N) is 1. The van der Waals surface area contributed by atoms with Gasteiger partial charge in [0, 0.05) is 0 Å². The fourth-order valence-corrected chi connectivity index (χ4v) is 1.34. The quantitative estimate of drug-likeness (QED) is 0.719. The van der Waals surface area contributed by atoms with Crippen molar-refractivity contribution in [3.8, 4) is 5.75 Å². The Kier molecular flexibility index (Phi) is 2.27. The summed E-state index contributed by atoms with van der Waals surface area (Å²) in [6.07, 6.45) is 6.75. The Labute approximate surface area is 70.9 Å². The van der Waals surface area contributed by atoms with E-state index in [9.17, 15) is 0 Å². The number of aromatic nitrogens is 1. The van der Waals surface area contributed by atoms with Crippen molar-refractivity contribution in [1.29, 1.82) is 0 Å². The minimum atomic E-state index is 0.137. The molecule has 1 atom stereocenters. The molecule has 1 unspecified atom stereocenters. The molecule has 4 nitrogen and oxygen atoms in total. The monoisotopic (exact) mass is 168 g/mol. The van der Waals surface area contributed by atoms with Gasteiger partial charge >= 0.3 is 0 Å². The molecule has 1 aromatic heterocycles. The zero-order valence-electron chi connectivity index (χ0n) is 6.82. The predicted molar refractivity (Wildman–Crippen MR) is 42.8 cm³/mol. The van der Waals surface area contributed by atoms with Crippen molar-refractivity contribution < 1.29 is 9.26 Å². The highest BCUT2D eigenvalue weighted by atomic mass is 16.5. The van der Waals surface area contributed by atoms with Crippen LogP contribution in [0.5, 0.6) is 5.75 Å². The number of piperidine rings is 1. The van der Waals surface area contributed by atoms with Crippen LogP contribution in [0, 0.1) is 0 Å². The molecule has 0 bridgehead atoms. The van der Waals surface area contributed by atoms with Gasteiger partial charge < -0.3 is 9.26 Å². The molecule has 0 aliphatic carbocycles. The lowest BCUT2D eigenvalue weighted by molar-refractivity contribution is 0.131. The normalized spacial score (nSPS) is 23.8. The molecule has 1 fully saturated rings. The van der Waals surface area contributed by atoms with Crippen LogP contribution in [0.3, 0.4) is 0 Å². The van der Waals surface area contributed by atoms with E-state index in [0.29, 0.717) is 5.75 Å². The maximum Gasteiger partial charge on any atom is 0.181 e. The summed E-state index contributed by atoms with van der Waals surface area (Å²) in [6.45, 7) is 1.04. The van der Waals surface area contributed by atoms with E-state index in [1.54, 1.807) is 6.20 Å². The third-order valence-electron chi connectivity index (χ3n) is 1.95. The molecular formula is C8H12N2O2. The highest BCUT2D eigenvalue weighted by molar-refractivity contribution is 5.08. The number of hydrogen-bond donors (Lipinski definition) is 1. The van der Waals surface area contributed by atoms with Crippen molar-refractivity contribution in [1.82, 2.24) is 10.5 Å². The van der Waals surface area contributed by atoms with Gasteiger partial charge in [-0.3, -0.25) is 5.32 Å². The van der Waals surface area contributed by atoms with Crippen LogP contribution in [0.15, 0.2) is 17.0 Å². The first kappa shape index (κ1) is 7.61. The third-order valence-corrected chi connectivity index (χ3v) is 1.95. The summed E-state index contributed by atoms with van der Waals surface area (Å²) < 4.78 is 10.2. The van der Waals surface area contributed by atoms with E-state index in [0.717, 1.165) is 13.0 Å². The van der Waals surface area contributed by atoms with E-state index in [4.69, 9.17) is 4.74 Å². The summed E-state index contributed by atoms with van der Waals surface area (Å²) in [5, 5.41) is 6.83. The number of nitrogens with zero attached hydrogens (tertiary/aromatic N) is 1. The minimum Gasteiger partial charge on any atom is -0.470 e. The molecule has 0 spiro atoms. The van der Waals surface area contributed by atoms with E-state index in [-0.39, 0.29) is 6.23 Å². The van der Waals surface area contributed by atoms with Gasteiger partial charge in [0.05, 0.1) is 0 Å². The van der Waals surface area contributed by atoms with Gasteiger partial charge in [-0.1, -0.05) is 5.16 Å². The third kappa shape index (κ3) is 1.76. The van der Waals surface area contributed by atoms with Gasteiger partial charge in [-0.25, -0.2) is 0 Å². The Morgan fingerprint density at radius 1 is 1.58 bits per heavy atom. The minimum absolute atomic E-state index is 0.137. The summed E-state index contributed by atoms with van der Waals surface area (Å²) in [5.41, 5.74) is 0. The molecular weight excluding hydrogens is 156 g/mol. The van der Waals surface area contributed by atoms with Crippen molar-refractivity contribution in [2.24, 2.45) is 0 Å². The largest absolute Gasteiger partial charge is 0.470 e. The molecule has 0 saturated carbocycles. The summed E-state index contributed by atoms with van der Waals surface area (Å²) in [6, 6.07) is 0. The molecule has 1 aliphatic rings. The molecule has 4 heteroatoms. The molecule has 1 aliphatic heterocycles. The van der Waals surface area contributed by atoms with Gasteiger partial charge in [0.2, 0.25) is 0 Å². The second-order valence-corrected chi connectivity index (χ2v) is 2.92. The average molecular weight is 168 g/mol. The molecule has 0 radical (unpaired) electrons. The molecule has 66 valence electrons. The van der Waals surface area contributed by atoms with E-state index in [1.807, 2.05) is 0 Å². The Morgan fingerprint density at radius 3 is 3.25 bits per heavy atom. The van der Waals surface area contributed by atoms with Crippen LogP contribution in [0.4, 0.5) is 0 Å². The lowest BCUT2D eigenvalue weighted by atomic mass is 10.1. The Morgan fingerprint density at radius 2 is 2.58 bits per heavy atom. The first-order valence-corrected chi connectivity index (χ1v) is 4.24. The summed E-state index contributed by atoms with van der Waals surface area (Å²) in [7, 11) is 0. The van der Waals surface area contributed by atoms with Gasteiger partial charge in [0.25, 0.3) is 0 Å². The van der Waals surface area contributed by atoms with Crippen molar-refractivity contribution in [2.75, 3.05) is 6.54 Å². The summed E-state index contributed by atoms with van der Waals surface area (Å²) >= 11 is 0. The van der Waals surface area contributed by atoms with Crippen LogP contribution in [-0.2, 0) is 0 Å². The maximum atomic E-state index is 5.53. The topological polar surface area (TPSA) is 47.3 Å². The van der Waals surface area contributed by atoms with Crippen molar-refractivity contribution >= 4 is 0 Å². The summed E-state index contributed by atoms with van der Waals surface area (Å²) in [5.74, 6) is 0.703. The highest BCUT2D eigenvalue weighted by Crippen LogP contribution is 2.14. The number of rotatable bonds is 2. The summed E-state index contributed by atoms with van der Waals surface area (Å²) in [4.78, 5) is 0. The highest BCUT2D eigenvalue weighted by Gasteiger charge is 2.13. The zero-order valence-corrected chi connectivity index (χ0v) is 6.82. The van der Waals surface area contributed by atoms with Crippen molar-refractivity contribution in [3.63, 3.8) is 0 Å². The molecule has 12 heavy (non-hydrogen) atoms. The second-order valence-electron chi connectivity index (χ2n) is 2.92. The fourth-order valence-electron chi connectivity index (χ4n) is 1.34. The predicted octanol–water partition coefficient (Wildman–Crippen LogP) is 1.15. The second kappa shape index (κ2) is 3.58. The SMILES string of the molecule is c1nocc1OC1CCCCN1. The smallest absolute Gasteiger partial charge is 0.181 e. The molecule has 0 amide bonds. The lowest BCUT2D eigenvalue weighted by Gasteiger charge is -2.23. The van der Waals surface area contributed by atoms with Crippen LogP contribution < -0.4 is 10.1 Å². The van der Waals surface area contributed by atoms with Crippen LogP contribution >= 0.6 is 0 Å². The standard InChI is InChI=1S/C8H12N2O2/c1-2-4-9-8(3-1)12-7-5-10-11-6-7/h5-6,8-9H,1-4H2. The van der Waals surface area contributed by atoms with Gasteiger partial charge in [-0.05, 0) is 25.8 Å². The van der Waals surface area contributed by atoms with Crippen LogP contribution in [0.1, 0.15) is 19.3 Å². The zero-order chi connectivity index (χ0) is 8.23. The average Bonchev–Trinajstić information content (AvgIpc) is 2.59. The van der Waals surface area contributed by atoms with Gasteiger partial charge in [-0.2, -0.15) is 0 Å². The number of hydrogen-bond acceptors (Lipinski definition) is 4. The van der Waals surface area contributed by atoms with E-state index in [1.165, 1.54) is 19.1 Å². The first-order chi connectivity index (χ1) is 5.95. The first-order valence-electron chi connectivity index (χ1n) is 4.24. The Balaban J connectivity index is 1.86. The van der Waals surface area contributed by atoms with E-state index in [2.05, 4.69) is 15.0 Å². The lowest BCUT2D eigenvalue weighted by Crippen LogP contribution is -2.38. The van der Waals surface area contributed by atoms with Crippen molar-refractivity contribution in [2.45, 2.75) is 25.5 Å². The van der Waals surface area contributed by atoms with Crippen LogP contribution in [0.25, 0.3) is 0 Å². The molecule has 1 N–H and O–H groups in total. The van der Waals surface area contributed by atoms with E-state index < -0.39 is 0 Å².